The van der Waals surface area contributed by atoms with E-state index < -0.39 is 0 Å². The number of hydrogen-bond acceptors (Lipinski definition) is 6. The predicted molar refractivity (Wildman–Crippen MR) is 103 cm³/mol. The van der Waals surface area contributed by atoms with Gasteiger partial charge in [0, 0.05) is 32.4 Å². The lowest BCUT2D eigenvalue weighted by atomic mass is 9.93. The van der Waals surface area contributed by atoms with Crippen LogP contribution in [0.4, 0.5) is 17.3 Å². The Labute approximate surface area is 155 Å². The van der Waals surface area contributed by atoms with Gasteiger partial charge in [0.25, 0.3) is 11.5 Å². The number of carbonyl (C=O) groups excluding carboxylic acids is 1. The molecule has 9 heteroatoms. The first kappa shape index (κ1) is 17.1. The second kappa shape index (κ2) is 6.75. The van der Waals surface area contributed by atoms with E-state index in [-0.39, 0.29) is 17.5 Å². The Balaban J connectivity index is 1.73. The standard InChI is InChI=1S/C18H21N7O2/c1-19-15-9-14(22-13-7-4-8-24(2)18(13)27)23-16-12(10-20-25(15)16)17(26)21-11-5-3-6-11/h4,7-11,19H,3,5-6H2,1-2H3,(H,21,26)(H,22,23). The molecule has 3 aromatic heterocycles. The summed E-state index contributed by atoms with van der Waals surface area (Å²) in [6.07, 6.45) is 6.35. The number of amides is 1. The lowest BCUT2D eigenvalue weighted by molar-refractivity contribution is 0.0918. The molecule has 0 atom stereocenters. The molecule has 3 heterocycles. The molecule has 4 rings (SSSR count). The van der Waals surface area contributed by atoms with Crippen molar-refractivity contribution in [2.24, 2.45) is 7.05 Å². The lowest BCUT2D eigenvalue weighted by Crippen LogP contribution is -2.39. The first-order valence-electron chi connectivity index (χ1n) is 8.87. The third kappa shape index (κ3) is 3.12. The summed E-state index contributed by atoms with van der Waals surface area (Å²) >= 11 is 0. The maximum Gasteiger partial charge on any atom is 0.274 e. The minimum atomic E-state index is -0.183. The highest BCUT2D eigenvalue weighted by atomic mass is 16.2. The zero-order valence-electron chi connectivity index (χ0n) is 15.2. The normalized spacial score (nSPS) is 14.0. The minimum Gasteiger partial charge on any atom is -0.373 e. The monoisotopic (exact) mass is 367 g/mol. The highest BCUT2D eigenvalue weighted by Gasteiger charge is 2.23. The van der Waals surface area contributed by atoms with Gasteiger partial charge in [0.1, 0.15) is 22.9 Å². The van der Waals surface area contributed by atoms with E-state index in [1.807, 2.05) is 0 Å². The number of hydrogen-bond donors (Lipinski definition) is 3. The molecule has 0 aliphatic heterocycles. The number of anilines is 3. The van der Waals surface area contributed by atoms with Crippen molar-refractivity contribution in [3.05, 3.63) is 46.5 Å². The third-order valence-corrected chi connectivity index (χ3v) is 4.80. The molecule has 0 spiro atoms. The van der Waals surface area contributed by atoms with Crippen LogP contribution in [-0.4, -0.2) is 38.2 Å². The summed E-state index contributed by atoms with van der Waals surface area (Å²) in [6, 6.07) is 5.43. The summed E-state index contributed by atoms with van der Waals surface area (Å²) < 4.78 is 3.06. The highest BCUT2D eigenvalue weighted by molar-refractivity contribution is 6.00. The fourth-order valence-electron chi connectivity index (χ4n) is 3.01. The molecule has 0 bridgehead atoms. The molecule has 9 nitrogen and oxygen atoms in total. The van der Waals surface area contributed by atoms with Gasteiger partial charge in [-0.25, -0.2) is 4.98 Å². The number of nitrogens with one attached hydrogen (secondary N) is 3. The van der Waals surface area contributed by atoms with Gasteiger partial charge in [0.15, 0.2) is 5.65 Å². The van der Waals surface area contributed by atoms with E-state index in [0.717, 1.165) is 19.3 Å². The van der Waals surface area contributed by atoms with E-state index in [0.29, 0.717) is 28.5 Å². The van der Waals surface area contributed by atoms with Crippen molar-refractivity contribution in [2.45, 2.75) is 25.3 Å². The molecular weight excluding hydrogens is 346 g/mol. The molecule has 0 radical (unpaired) electrons. The molecule has 1 saturated carbocycles. The molecule has 1 aliphatic carbocycles. The number of aryl methyl sites for hydroxylation is 1. The number of pyridine rings is 1. The molecule has 1 amide bonds. The van der Waals surface area contributed by atoms with Crippen molar-refractivity contribution in [2.75, 3.05) is 17.7 Å². The Bertz CT molecular complexity index is 1070. The molecular formula is C18H21N7O2. The Morgan fingerprint density at radius 3 is 2.85 bits per heavy atom. The van der Waals surface area contributed by atoms with Crippen molar-refractivity contribution in [3.63, 3.8) is 0 Å². The molecule has 3 N–H and O–H groups in total. The van der Waals surface area contributed by atoms with Gasteiger partial charge in [0.2, 0.25) is 0 Å². The summed E-state index contributed by atoms with van der Waals surface area (Å²) in [5.41, 5.74) is 1.07. The number of aromatic nitrogens is 4. The lowest BCUT2D eigenvalue weighted by Gasteiger charge is -2.26. The van der Waals surface area contributed by atoms with Crippen LogP contribution < -0.4 is 21.5 Å². The van der Waals surface area contributed by atoms with Gasteiger partial charge in [-0.05, 0) is 31.4 Å². The molecule has 0 aromatic carbocycles. The van der Waals surface area contributed by atoms with E-state index in [2.05, 4.69) is 26.0 Å². The predicted octanol–water partition coefficient (Wildman–Crippen LogP) is 1.50. The first-order valence-corrected chi connectivity index (χ1v) is 8.87. The van der Waals surface area contributed by atoms with E-state index >= 15 is 0 Å². The SMILES string of the molecule is CNc1cc(Nc2cccn(C)c2=O)nc2c(C(=O)NC3CCC3)cnn12. The average molecular weight is 367 g/mol. The smallest absolute Gasteiger partial charge is 0.274 e. The average Bonchev–Trinajstić information content (AvgIpc) is 3.05. The molecule has 0 saturated heterocycles. The molecule has 27 heavy (non-hydrogen) atoms. The summed E-state index contributed by atoms with van der Waals surface area (Å²) in [7, 11) is 3.44. The van der Waals surface area contributed by atoms with Crippen molar-refractivity contribution in [1.29, 1.82) is 0 Å². The fraction of sp³-hybridized carbons (Fsp3) is 0.333. The largest absolute Gasteiger partial charge is 0.373 e. The van der Waals surface area contributed by atoms with E-state index in [1.54, 1.807) is 43.0 Å². The van der Waals surface area contributed by atoms with Gasteiger partial charge in [0.05, 0.1) is 6.20 Å². The van der Waals surface area contributed by atoms with E-state index in [1.165, 1.54) is 10.8 Å². The quantitative estimate of drug-likeness (QED) is 0.631. The maximum atomic E-state index is 12.6. The zero-order valence-corrected chi connectivity index (χ0v) is 15.2. The van der Waals surface area contributed by atoms with Crippen molar-refractivity contribution in [1.82, 2.24) is 24.5 Å². The van der Waals surface area contributed by atoms with E-state index in [9.17, 15) is 9.59 Å². The highest BCUT2D eigenvalue weighted by Crippen LogP contribution is 2.22. The van der Waals surface area contributed by atoms with Gasteiger partial charge in [-0.15, -0.1) is 0 Å². The molecule has 1 fully saturated rings. The topological polar surface area (TPSA) is 105 Å². The summed E-state index contributed by atoms with van der Waals surface area (Å²) in [4.78, 5) is 29.4. The van der Waals surface area contributed by atoms with Gasteiger partial charge in [-0.2, -0.15) is 9.61 Å². The molecule has 1 aliphatic rings. The van der Waals surface area contributed by atoms with E-state index in [4.69, 9.17) is 0 Å². The Kier molecular flexibility index (Phi) is 4.27. The molecule has 0 unspecified atom stereocenters. The maximum absolute atomic E-state index is 12.6. The molecule has 140 valence electrons. The van der Waals surface area contributed by atoms with Crippen molar-refractivity contribution in [3.8, 4) is 0 Å². The zero-order chi connectivity index (χ0) is 19.0. The Morgan fingerprint density at radius 1 is 1.33 bits per heavy atom. The van der Waals surface area contributed by atoms with Crippen LogP contribution in [0, 0.1) is 0 Å². The van der Waals surface area contributed by atoms with Gasteiger partial charge >= 0.3 is 0 Å². The summed E-state index contributed by atoms with van der Waals surface area (Å²) in [5, 5.41) is 13.4. The van der Waals surface area contributed by atoms with Crippen molar-refractivity contribution >= 4 is 28.9 Å². The second-order valence-corrected chi connectivity index (χ2v) is 6.63. The number of rotatable bonds is 5. The van der Waals surface area contributed by atoms with Gasteiger partial charge in [-0.3, -0.25) is 9.59 Å². The summed E-state index contributed by atoms with van der Waals surface area (Å²) in [5.74, 6) is 0.920. The van der Waals surface area contributed by atoms with Crippen LogP contribution in [0.1, 0.15) is 29.6 Å². The number of fused-ring (bicyclic) bond motifs is 1. The summed E-state index contributed by atoms with van der Waals surface area (Å²) in [6.45, 7) is 0. The van der Waals surface area contributed by atoms with Gasteiger partial charge < -0.3 is 20.5 Å². The number of nitrogens with zero attached hydrogens (tertiary/aromatic N) is 4. The second-order valence-electron chi connectivity index (χ2n) is 6.63. The van der Waals surface area contributed by atoms with Crippen LogP contribution in [0.5, 0.6) is 0 Å². The van der Waals surface area contributed by atoms with Crippen LogP contribution in [0.2, 0.25) is 0 Å². The number of carbonyl (C=O) groups is 1. The van der Waals surface area contributed by atoms with Crippen LogP contribution in [-0.2, 0) is 7.05 Å². The van der Waals surface area contributed by atoms with Crippen LogP contribution in [0.15, 0.2) is 35.4 Å². The minimum absolute atomic E-state index is 0.165. The van der Waals surface area contributed by atoms with Gasteiger partial charge in [-0.1, -0.05) is 0 Å². The molecule has 3 aromatic rings. The van der Waals surface area contributed by atoms with Crippen LogP contribution in [0.3, 0.4) is 0 Å². The van der Waals surface area contributed by atoms with Crippen LogP contribution >= 0.6 is 0 Å². The third-order valence-electron chi connectivity index (χ3n) is 4.80. The van der Waals surface area contributed by atoms with Crippen LogP contribution in [0.25, 0.3) is 5.65 Å². The Morgan fingerprint density at radius 2 is 2.15 bits per heavy atom. The van der Waals surface area contributed by atoms with Crippen molar-refractivity contribution < 1.29 is 4.79 Å². The fourth-order valence-corrected chi connectivity index (χ4v) is 3.01. The Hall–Kier alpha value is -3.36. The first-order chi connectivity index (χ1) is 13.1.